The summed E-state index contributed by atoms with van der Waals surface area (Å²) in [5.41, 5.74) is 4.43. The molecule has 1 atom stereocenters. The Morgan fingerprint density at radius 3 is 2.38 bits per heavy atom. The standard InChI is InChI=1S/C24H29N3OS/c1-5-19-11-13-20(14-12-19)23(17(2)3)25-15-21-16-29-24(26-21)27(18(4)28)22-9-7-6-8-10-22/h6-14,16-17,23,25H,5,15H2,1-4H3/t23-/m0/s1. The lowest BCUT2D eigenvalue weighted by molar-refractivity contribution is -0.115. The van der Waals surface area contributed by atoms with E-state index in [-0.39, 0.29) is 11.9 Å². The fourth-order valence-corrected chi connectivity index (χ4v) is 4.28. The highest BCUT2D eigenvalue weighted by Crippen LogP contribution is 2.29. The molecule has 0 saturated carbocycles. The number of rotatable bonds is 8. The van der Waals surface area contributed by atoms with Crippen LogP contribution in [-0.2, 0) is 17.8 Å². The summed E-state index contributed by atoms with van der Waals surface area (Å²) < 4.78 is 0. The maximum atomic E-state index is 12.2. The van der Waals surface area contributed by atoms with Crippen molar-refractivity contribution in [3.8, 4) is 0 Å². The maximum Gasteiger partial charge on any atom is 0.230 e. The van der Waals surface area contributed by atoms with E-state index >= 15 is 0 Å². The molecule has 152 valence electrons. The third kappa shape index (κ3) is 5.31. The minimum atomic E-state index is -0.0406. The van der Waals surface area contributed by atoms with Crippen molar-refractivity contribution in [2.75, 3.05) is 4.90 Å². The molecule has 3 aromatic rings. The Bertz CT molecular complexity index is 919. The molecule has 1 heterocycles. The van der Waals surface area contributed by atoms with Gasteiger partial charge in [-0.1, -0.05) is 63.2 Å². The molecule has 1 aromatic heterocycles. The van der Waals surface area contributed by atoms with Crippen molar-refractivity contribution in [1.29, 1.82) is 0 Å². The van der Waals surface area contributed by atoms with Gasteiger partial charge in [-0.2, -0.15) is 0 Å². The third-order valence-electron chi connectivity index (χ3n) is 4.98. The summed E-state index contributed by atoms with van der Waals surface area (Å²) >= 11 is 1.50. The van der Waals surface area contributed by atoms with E-state index in [2.05, 4.69) is 50.4 Å². The van der Waals surface area contributed by atoms with Crippen LogP contribution in [0.25, 0.3) is 0 Å². The van der Waals surface area contributed by atoms with Gasteiger partial charge < -0.3 is 5.32 Å². The quantitative estimate of drug-likeness (QED) is 0.507. The predicted octanol–water partition coefficient (Wildman–Crippen LogP) is 5.88. The number of aryl methyl sites for hydroxylation is 1. The van der Waals surface area contributed by atoms with Crippen LogP contribution in [-0.4, -0.2) is 10.9 Å². The van der Waals surface area contributed by atoms with E-state index in [9.17, 15) is 4.79 Å². The van der Waals surface area contributed by atoms with Gasteiger partial charge in [0.05, 0.1) is 11.4 Å². The van der Waals surface area contributed by atoms with Gasteiger partial charge in [0.1, 0.15) is 0 Å². The summed E-state index contributed by atoms with van der Waals surface area (Å²) in [5.74, 6) is 0.416. The number of nitrogens with zero attached hydrogens (tertiary/aromatic N) is 2. The second-order valence-electron chi connectivity index (χ2n) is 7.51. The Kier molecular flexibility index (Phi) is 7.18. The van der Waals surface area contributed by atoms with Crippen molar-refractivity contribution >= 4 is 28.1 Å². The number of carbonyl (C=O) groups is 1. The van der Waals surface area contributed by atoms with E-state index in [1.807, 2.05) is 35.7 Å². The number of carbonyl (C=O) groups excluding carboxylic acids is 1. The maximum absolute atomic E-state index is 12.2. The summed E-state index contributed by atoms with van der Waals surface area (Å²) in [4.78, 5) is 18.6. The van der Waals surface area contributed by atoms with E-state index < -0.39 is 0 Å². The predicted molar refractivity (Wildman–Crippen MR) is 122 cm³/mol. The van der Waals surface area contributed by atoms with Crippen molar-refractivity contribution < 1.29 is 4.79 Å². The van der Waals surface area contributed by atoms with E-state index in [0.29, 0.717) is 17.6 Å². The summed E-state index contributed by atoms with van der Waals surface area (Å²) in [6.07, 6.45) is 1.05. The van der Waals surface area contributed by atoms with Gasteiger partial charge in [0.25, 0.3) is 0 Å². The molecule has 1 N–H and O–H groups in total. The van der Waals surface area contributed by atoms with Gasteiger partial charge in [-0.15, -0.1) is 11.3 Å². The lowest BCUT2D eigenvalue weighted by Gasteiger charge is -2.23. The minimum Gasteiger partial charge on any atom is -0.304 e. The molecule has 0 saturated heterocycles. The molecule has 0 unspecified atom stereocenters. The Balaban J connectivity index is 1.73. The van der Waals surface area contributed by atoms with Crippen LogP contribution in [0.1, 0.15) is 50.6 Å². The number of anilines is 2. The van der Waals surface area contributed by atoms with Crippen LogP contribution in [0.3, 0.4) is 0 Å². The van der Waals surface area contributed by atoms with Gasteiger partial charge in [0, 0.05) is 24.9 Å². The first-order chi connectivity index (χ1) is 14.0. The average Bonchev–Trinajstić information content (AvgIpc) is 3.17. The molecule has 29 heavy (non-hydrogen) atoms. The second kappa shape index (κ2) is 9.81. The molecule has 3 rings (SSSR count). The first-order valence-electron chi connectivity index (χ1n) is 10.1. The second-order valence-corrected chi connectivity index (χ2v) is 8.35. The van der Waals surface area contributed by atoms with Gasteiger partial charge >= 0.3 is 0 Å². The number of thiazole rings is 1. The normalized spacial score (nSPS) is 12.2. The van der Waals surface area contributed by atoms with Crippen LogP contribution in [0.5, 0.6) is 0 Å². The van der Waals surface area contributed by atoms with Gasteiger partial charge in [0.15, 0.2) is 5.13 Å². The number of hydrogen-bond acceptors (Lipinski definition) is 4. The summed E-state index contributed by atoms with van der Waals surface area (Å²) in [6, 6.07) is 18.8. The van der Waals surface area contributed by atoms with Gasteiger partial charge in [-0.3, -0.25) is 9.69 Å². The Morgan fingerprint density at radius 2 is 1.79 bits per heavy atom. The average molecular weight is 408 g/mol. The number of para-hydroxylation sites is 1. The fraction of sp³-hybridized carbons (Fsp3) is 0.333. The molecule has 0 aliphatic carbocycles. The van der Waals surface area contributed by atoms with Crippen LogP contribution < -0.4 is 10.2 Å². The van der Waals surface area contributed by atoms with E-state index in [1.165, 1.54) is 22.5 Å². The SMILES string of the molecule is CCc1ccc([C@@H](NCc2csc(N(C(C)=O)c3ccccc3)n2)C(C)C)cc1. The lowest BCUT2D eigenvalue weighted by atomic mass is 9.95. The number of aromatic nitrogens is 1. The van der Waals surface area contributed by atoms with Gasteiger partial charge in [0.2, 0.25) is 5.91 Å². The van der Waals surface area contributed by atoms with Crippen LogP contribution >= 0.6 is 11.3 Å². The Labute approximate surface area is 177 Å². The van der Waals surface area contributed by atoms with Crippen LogP contribution in [0.2, 0.25) is 0 Å². The van der Waals surface area contributed by atoms with Crippen molar-refractivity contribution in [3.05, 3.63) is 76.8 Å². The van der Waals surface area contributed by atoms with Crippen LogP contribution in [0.15, 0.2) is 60.0 Å². The first-order valence-corrected chi connectivity index (χ1v) is 11.0. The monoisotopic (exact) mass is 407 g/mol. The van der Waals surface area contributed by atoms with Crippen molar-refractivity contribution in [3.63, 3.8) is 0 Å². The number of hydrogen-bond donors (Lipinski definition) is 1. The molecule has 5 heteroatoms. The molecule has 0 aliphatic rings. The number of nitrogens with one attached hydrogen (secondary N) is 1. The highest BCUT2D eigenvalue weighted by Gasteiger charge is 2.19. The van der Waals surface area contributed by atoms with Crippen molar-refractivity contribution in [1.82, 2.24) is 10.3 Å². The van der Waals surface area contributed by atoms with Crippen molar-refractivity contribution in [2.24, 2.45) is 5.92 Å². The largest absolute Gasteiger partial charge is 0.304 e. The molecule has 2 aromatic carbocycles. The summed E-state index contributed by atoms with van der Waals surface area (Å²) in [6.45, 7) is 8.86. The van der Waals surface area contributed by atoms with E-state index in [0.717, 1.165) is 17.8 Å². The number of benzene rings is 2. The molecule has 0 radical (unpaired) electrons. The Hall–Kier alpha value is -2.50. The molecule has 0 aliphatic heterocycles. The smallest absolute Gasteiger partial charge is 0.230 e. The molecule has 4 nitrogen and oxygen atoms in total. The third-order valence-corrected chi connectivity index (χ3v) is 5.85. The van der Waals surface area contributed by atoms with Gasteiger partial charge in [-0.25, -0.2) is 4.98 Å². The zero-order valence-corrected chi connectivity index (χ0v) is 18.4. The molecule has 0 bridgehead atoms. The van der Waals surface area contributed by atoms with Crippen molar-refractivity contribution in [2.45, 2.75) is 46.7 Å². The lowest BCUT2D eigenvalue weighted by Crippen LogP contribution is -2.26. The van der Waals surface area contributed by atoms with Gasteiger partial charge in [-0.05, 0) is 35.6 Å². The summed E-state index contributed by atoms with van der Waals surface area (Å²) in [5, 5.41) is 6.38. The topological polar surface area (TPSA) is 45.2 Å². The van der Waals surface area contributed by atoms with Crippen LogP contribution in [0.4, 0.5) is 10.8 Å². The zero-order valence-electron chi connectivity index (χ0n) is 17.6. The first kappa shape index (κ1) is 21.2. The zero-order chi connectivity index (χ0) is 20.8. The highest BCUT2D eigenvalue weighted by molar-refractivity contribution is 7.14. The molecule has 0 spiro atoms. The molecular formula is C24H29N3OS. The summed E-state index contributed by atoms with van der Waals surface area (Å²) in [7, 11) is 0. The Morgan fingerprint density at radius 1 is 1.10 bits per heavy atom. The minimum absolute atomic E-state index is 0.0406. The molecular weight excluding hydrogens is 378 g/mol. The number of amides is 1. The fourth-order valence-electron chi connectivity index (χ4n) is 3.40. The highest BCUT2D eigenvalue weighted by atomic mass is 32.1. The molecule has 1 amide bonds. The van der Waals surface area contributed by atoms with E-state index in [4.69, 9.17) is 4.98 Å². The van der Waals surface area contributed by atoms with E-state index in [1.54, 1.807) is 11.8 Å². The molecule has 0 fully saturated rings. The van der Waals surface area contributed by atoms with Crippen LogP contribution in [0, 0.1) is 5.92 Å².